The van der Waals surface area contributed by atoms with Crippen molar-refractivity contribution in [3.63, 3.8) is 0 Å². The molecule has 1 saturated heterocycles. The Morgan fingerprint density at radius 2 is 2.07 bits per heavy atom. The minimum absolute atomic E-state index is 0.193. The van der Waals surface area contributed by atoms with Crippen molar-refractivity contribution in [2.24, 2.45) is 0 Å². The van der Waals surface area contributed by atoms with Gasteiger partial charge in [0.05, 0.1) is 13.2 Å². The lowest BCUT2D eigenvalue weighted by atomic mass is 10.1. The second-order valence-corrected chi connectivity index (χ2v) is 3.76. The number of allylic oxidation sites excluding steroid dienone is 1. The van der Waals surface area contributed by atoms with Crippen molar-refractivity contribution in [2.45, 2.75) is 19.8 Å². The van der Waals surface area contributed by atoms with Gasteiger partial charge in [-0.25, -0.2) is 0 Å². The summed E-state index contributed by atoms with van der Waals surface area (Å²) in [4.78, 5) is 13.6. The molecule has 0 bridgehead atoms. The highest BCUT2D eigenvalue weighted by Crippen LogP contribution is 2.03. The van der Waals surface area contributed by atoms with Gasteiger partial charge in [0.25, 0.3) is 0 Å². The topological polar surface area (TPSA) is 29.5 Å². The summed E-state index contributed by atoms with van der Waals surface area (Å²) in [6.45, 7) is 10.1. The lowest BCUT2D eigenvalue weighted by molar-refractivity contribution is -0.115. The van der Waals surface area contributed by atoms with Gasteiger partial charge in [-0.1, -0.05) is 6.58 Å². The Labute approximate surface area is 85.7 Å². The van der Waals surface area contributed by atoms with Crippen LogP contribution in [0.2, 0.25) is 0 Å². The van der Waals surface area contributed by atoms with Crippen molar-refractivity contribution in [2.75, 3.05) is 32.8 Å². The van der Waals surface area contributed by atoms with Crippen LogP contribution in [0.4, 0.5) is 0 Å². The van der Waals surface area contributed by atoms with Crippen LogP contribution in [0, 0.1) is 0 Å². The lowest BCUT2D eigenvalue weighted by Crippen LogP contribution is -2.36. The molecule has 0 aromatic rings. The molecule has 0 aliphatic carbocycles. The van der Waals surface area contributed by atoms with E-state index in [9.17, 15) is 4.79 Å². The number of morpholine rings is 1. The summed E-state index contributed by atoms with van der Waals surface area (Å²) >= 11 is 0. The van der Waals surface area contributed by atoms with E-state index in [2.05, 4.69) is 11.5 Å². The largest absolute Gasteiger partial charge is 0.379 e. The van der Waals surface area contributed by atoms with Crippen molar-refractivity contribution < 1.29 is 9.53 Å². The molecule has 14 heavy (non-hydrogen) atoms. The molecule has 0 N–H and O–H groups in total. The Bertz CT molecular complexity index is 207. The minimum Gasteiger partial charge on any atom is -0.379 e. The zero-order chi connectivity index (χ0) is 10.4. The summed E-state index contributed by atoms with van der Waals surface area (Å²) in [6.07, 6.45) is 1.57. The number of rotatable bonds is 5. The van der Waals surface area contributed by atoms with E-state index in [1.165, 1.54) is 0 Å². The number of ketones is 1. The molecule has 0 radical (unpaired) electrons. The van der Waals surface area contributed by atoms with Gasteiger partial charge in [0.2, 0.25) is 0 Å². The molecule has 80 valence electrons. The number of nitrogens with zero attached hydrogens (tertiary/aromatic N) is 1. The number of carbonyl (C=O) groups is 1. The van der Waals surface area contributed by atoms with E-state index in [1.54, 1.807) is 6.92 Å². The van der Waals surface area contributed by atoms with E-state index in [4.69, 9.17) is 4.74 Å². The van der Waals surface area contributed by atoms with Crippen LogP contribution in [-0.2, 0) is 9.53 Å². The fraction of sp³-hybridized carbons (Fsp3) is 0.727. The predicted molar refractivity (Wildman–Crippen MR) is 56.3 cm³/mol. The summed E-state index contributed by atoms with van der Waals surface area (Å²) in [5.74, 6) is 0.193. The van der Waals surface area contributed by atoms with Crippen LogP contribution in [0.1, 0.15) is 19.8 Å². The van der Waals surface area contributed by atoms with Gasteiger partial charge in [0.1, 0.15) is 0 Å². The van der Waals surface area contributed by atoms with Crippen LogP contribution in [0.15, 0.2) is 12.2 Å². The van der Waals surface area contributed by atoms with Crippen molar-refractivity contribution in [1.29, 1.82) is 0 Å². The number of Topliss-reactive ketones (excluding diaryl/α,β-unsaturated/α-hetero) is 1. The van der Waals surface area contributed by atoms with Crippen molar-refractivity contribution >= 4 is 5.78 Å². The van der Waals surface area contributed by atoms with Gasteiger partial charge >= 0.3 is 0 Å². The summed E-state index contributed by atoms with van der Waals surface area (Å²) in [5.41, 5.74) is 0.673. The minimum atomic E-state index is 0.193. The third kappa shape index (κ3) is 4.03. The van der Waals surface area contributed by atoms with Gasteiger partial charge in [-0.15, -0.1) is 0 Å². The van der Waals surface area contributed by atoms with Crippen LogP contribution in [0.25, 0.3) is 0 Å². The molecule has 1 aliphatic heterocycles. The highest BCUT2D eigenvalue weighted by atomic mass is 16.5. The molecule has 0 atom stereocenters. The standard InChI is InChI=1S/C11H19NO2/c1-10(2)11(13)4-3-5-12-6-8-14-9-7-12/h1,3-9H2,2H3. The molecular formula is C11H19NO2. The fourth-order valence-corrected chi connectivity index (χ4v) is 1.50. The molecule has 3 heteroatoms. The average molecular weight is 197 g/mol. The molecule has 3 nitrogen and oxygen atoms in total. The van der Waals surface area contributed by atoms with Crippen LogP contribution >= 0.6 is 0 Å². The van der Waals surface area contributed by atoms with E-state index < -0.39 is 0 Å². The third-order valence-electron chi connectivity index (χ3n) is 2.46. The maximum Gasteiger partial charge on any atom is 0.158 e. The Morgan fingerprint density at radius 1 is 1.43 bits per heavy atom. The first-order valence-electron chi connectivity index (χ1n) is 5.19. The van der Waals surface area contributed by atoms with Crippen LogP contribution < -0.4 is 0 Å². The van der Waals surface area contributed by atoms with Crippen LogP contribution in [0.5, 0.6) is 0 Å². The van der Waals surface area contributed by atoms with Crippen molar-refractivity contribution in [1.82, 2.24) is 4.90 Å². The van der Waals surface area contributed by atoms with E-state index in [1.807, 2.05) is 0 Å². The van der Waals surface area contributed by atoms with Crippen LogP contribution in [0.3, 0.4) is 0 Å². The molecule has 0 saturated carbocycles. The van der Waals surface area contributed by atoms with Gasteiger partial charge in [0.15, 0.2) is 5.78 Å². The number of ether oxygens (including phenoxy) is 1. The predicted octanol–water partition coefficient (Wildman–Crippen LogP) is 1.24. The molecule has 1 rings (SSSR count). The highest BCUT2D eigenvalue weighted by Gasteiger charge is 2.10. The van der Waals surface area contributed by atoms with Gasteiger partial charge in [-0.2, -0.15) is 0 Å². The molecule has 0 aromatic carbocycles. The summed E-state index contributed by atoms with van der Waals surface area (Å²) in [6, 6.07) is 0. The van der Waals surface area contributed by atoms with Gasteiger partial charge in [0, 0.05) is 19.5 Å². The number of hydrogen-bond donors (Lipinski definition) is 0. The molecule has 1 fully saturated rings. The summed E-state index contributed by atoms with van der Waals surface area (Å²) in [5, 5.41) is 0. The monoisotopic (exact) mass is 197 g/mol. The maximum atomic E-state index is 11.2. The Morgan fingerprint density at radius 3 is 2.64 bits per heavy atom. The first-order valence-corrected chi connectivity index (χ1v) is 5.19. The van der Waals surface area contributed by atoms with Crippen LogP contribution in [-0.4, -0.2) is 43.5 Å². The van der Waals surface area contributed by atoms with E-state index in [0.29, 0.717) is 12.0 Å². The SMILES string of the molecule is C=C(C)C(=O)CCCN1CCOCC1. The molecule has 0 amide bonds. The Kier molecular flexibility index (Phi) is 4.84. The fourth-order valence-electron chi connectivity index (χ4n) is 1.50. The molecule has 0 spiro atoms. The zero-order valence-corrected chi connectivity index (χ0v) is 8.92. The average Bonchev–Trinajstić information content (AvgIpc) is 2.19. The van der Waals surface area contributed by atoms with Gasteiger partial charge < -0.3 is 4.74 Å². The second kappa shape index (κ2) is 5.94. The Hall–Kier alpha value is -0.670. The number of carbonyl (C=O) groups excluding carboxylic acids is 1. The molecular weight excluding hydrogens is 178 g/mol. The van der Waals surface area contributed by atoms with Crippen molar-refractivity contribution in [3.05, 3.63) is 12.2 Å². The van der Waals surface area contributed by atoms with Crippen molar-refractivity contribution in [3.8, 4) is 0 Å². The third-order valence-corrected chi connectivity index (χ3v) is 2.46. The molecule has 0 unspecified atom stereocenters. The molecule has 1 aliphatic rings. The Balaban J connectivity index is 2.08. The summed E-state index contributed by atoms with van der Waals surface area (Å²) in [7, 11) is 0. The lowest BCUT2D eigenvalue weighted by Gasteiger charge is -2.26. The van der Waals surface area contributed by atoms with E-state index in [-0.39, 0.29) is 5.78 Å². The number of hydrogen-bond acceptors (Lipinski definition) is 3. The second-order valence-electron chi connectivity index (χ2n) is 3.76. The quantitative estimate of drug-likeness (QED) is 0.621. The first kappa shape index (κ1) is 11.4. The van der Waals surface area contributed by atoms with Gasteiger partial charge in [-0.05, 0) is 25.5 Å². The smallest absolute Gasteiger partial charge is 0.158 e. The summed E-state index contributed by atoms with van der Waals surface area (Å²) < 4.78 is 5.24. The van der Waals surface area contributed by atoms with Gasteiger partial charge in [-0.3, -0.25) is 9.69 Å². The first-order chi connectivity index (χ1) is 6.70. The highest BCUT2D eigenvalue weighted by molar-refractivity contribution is 5.93. The van der Waals surface area contributed by atoms with E-state index >= 15 is 0 Å². The zero-order valence-electron chi connectivity index (χ0n) is 8.92. The molecule has 0 aromatic heterocycles. The maximum absolute atomic E-state index is 11.2. The van der Waals surface area contributed by atoms with E-state index in [0.717, 1.165) is 39.3 Å². The normalized spacial score (nSPS) is 18.1. The molecule has 1 heterocycles.